The van der Waals surface area contributed by atoms with Gasteiger partial charge in [0.2, 0.25) is 0 Å². The van der Waals surface area contributed by atoms with E-state index in [1.54, 1.807) is 12.3 Å². The number of ketones is 1. The van der Waals surface area contributed by atoms with Gasteiger partial charge in [0.05, 0.1) is 11.1 Å². The minimum atomic E-state index is -0.485. The first kappa shape index (κ1) is 20.2. The zero-order valence-corrected chi connectivity index (χ0v) is 16.9. The largest absolute Gasteiger partial charge is 0.489 e. The van der Waals surface area contributed by atoms with E-state index in [1.165, 1.54) is 6.08 Å². The highest BCUT2D eigenvalue weighted by atomic mass is 16.5. The predicted molar refractivity (Wildman–Crippen MR) is 122 cm³/mol. The molecule has 0 aliphatic rings. The van der Waals surface area contributed by atoms with Crippen molar-refractivity contribution in [1.82, 2.24) is 4.98 Å². The number of hydrogen-bond donors (Lipinski definition) is 2. The number of H-pyrrole nitrogens is 1. The van der Waals surface area contributed by atoms with Crippen LogP contribution in [0.2, 0.25) is 0 Å². The summed E-state index contributed by atoms with van der Waals surface area (Å²) in [5.74, 6) is 0.0837. The summed E-state index contributed by atoms with van der Waals surface area (Å²) in [6.45, 7) is 3.99. The van der Waals surface area contributed by atoms with Crippen molar-refractivity contribution in [2.75, 3.05) is 0 Å². The van der Waals surface area contributed by atoms with Crippen LogP contribution in [0.3, 0.4) is 0 Å². The van der Waals surface area contributed by atoms with Gasteiger partial charge in [-0.1, -0.05) is 49.0 Å². The Morgan fingerprint density at radius 1 is 1.03 bits per heavy atom. The summed E-state index contributed by atoms with van der Waals surface area (Å²) in [6.07, 6.45) is 3.29. The summed E-state index contributed by atoms with van der Waals surface area (Å²) in [7, 11) is 0. The maximum Gasteiger partial charge on any atom is 0.250 e. The van der Waals surface area contributed by atoms with Crippen molar-refractivity contribution in [3.63, 3.8) is 0 Å². The molecule has 0 aliphatic heterocycles. The van der Waals surface area contributed by atoms with Crippen LogP contribution in [0.25, 0.3) is 22.0 Å². The van der Waals surface area contributed by atoms with E-state index in [0.29, 0.717) is 23.4 Å². The maximum absolute atomic E-state index is 12.1. The molecule has 4 aromatic rings. The van der Waals surface area contributed by atoms with Gasteiger partial charge < -0.3 is 15.5 Å². The Labute approximate surface area is 180 Å². The highest BCUT2D eigenvalue weighted by molar-refractivity contribution is 6.09. The van der Waals surface area contributed by atoms with Crippen molar-refractivity contribution >= 4 is 22.6 Å². The number of primary amides is 1. The van der Waals surface area contributed by atoms with Gasteiger partial charge in [0.25, 0.3) is 5.91 Å². The van der Waals surface area contributed by atoms with Crippen LogP contribution in [0, 0.1) is 0 Å². The van der Waals surface area contributed by atoms with Gasteiger partial charge in [0, 0.05) is 23.6 Å². The fraction of sp³-hybridized carbons (Fsp3) is 0.0769. The normalized spacial score (nSPS) is 10.7. The van der Waals surface area contributed by atoms with Gasteiger partial charge in [-0.05, 0) is 47.0 Å². The second kappa shape index (κ2) is 8.71. The molecular weight excluding hydrogens is 388 g/mol. The highest BCUT2D eigenvalue weighted by Crippen LogP contribution is 2.33. The molecule has 3 N–H and O–H groups in total. The summed E-state index contributed by atoms with van der Waals surface area (Å²) in [6, 6.07) is 21.1. The third-order valence-electron chi connectivity index (χ3n) is 5.19. The molecule has 154 valence electrons. The van der Waals surface area contributed by atoms with Crippen LogP contribution >= 0.6 is 0 Å². The molecule has 0 spiro atoms. The van der Waals surface area contributed by atoms with Crippen molar-refractivity contribution < 1.29 is 14.3 Å². The third-order valence-corrected chi connectivity index (χ3v) is 5.19. The number of aromatic nitrogens is 1. The first-order valence-corrected chi connectivity index (χ1v) is 9.92. The first-order valence-electron chi connectivity index (χ1n) is 9.92. The van der Waals surface area contributed by atoms with E-state index in [-0.39, 0.29) is 12.2 Å². The van der Waals surface area contributed by atoms with Crippen LogP contribution in [0.5, 0.6) is 5.75 Å². The fourth-order valence-corrected chi connectivity index (χ4v) is 3.63. The minimum Gasteiger partial charge on any atom is -0.489 e. The number of benzene rings is 3. The van der Waals surface area contributed by atoms with Crippen molar-refractivity contribution in [3.05, 3.63) is 102 Å². The number of aromatic amines is 1. The van der Waals surface area contributed by atoms with E-state index >= 15 is 0 Å². The van der Waals surface area contributed by atoms with Crippen molar-refractivity contribution in [2.24, 2.45) is 5.73 Å². The van der Waals surface area contributed by atoms with Crippen molar-refractivity contribution in [3.8, 4) is 16.9 Å². The number of ether oxygens (including phenoxy) is 1. The summed E-state index contributed by atoms with van der Waals surface area (Å²) >= 11 is 0. The number of rotatable bonds is 8. The van der Waals surface area contributed by atoms with Crippen LogP contribution in [0.4, 0.5) is 0 Å². The lowest BCUT2D eigenvalue weighted by Gasteiger charge is -2.14. The average molecular weight is 410 g/mol. The molecule has 3 aromatic carbocycles. The Bertz CT molecular complexity index is 1270. The van der Waals surface area contributed by atoms with Gasteiger partial charge in [-0.2, -0.15) is 0 Å². The molecule has 4 rings (SSSR count). The number of fused-ring (bicyclic) bond motifs is 1. The SMILES string of the molecule is C=CC(=O)Cc1cc(-c2ccc(C(N)=O)c3[nH]ccc23)ccc1OCc1ccccc1. The number of hydrogen-bond acceptors (Lipinski definition) is 3. The molecule has 31 heavy (non-hydrogen) atoms. The van der Waals surface area contributed by atoms with Gasteiger partial charge in [0.15, 0.2) is 5.78 Å². The Morgan fingerprint density at radius 3 is 2.58 bits per heavy atom. The van der Waals surface area contributed by atoms with E-state index in [0.717, 1.165) is 27.6 Å². The minimum absolute atomic E-state index is 0.0856. The lowest BCUT2D eigenvalue weighted by molar-refractivity contribution is -0.114. The lowest BCUT2D eigenvalue weighted by atomic mass is 9.96. The van der Waals surface area contributed by atoms with Crippen LogP contribution in [-0.2, 0) is 17.8 Å². The second-order valence-corrected chi connectivity index (χ2v) is 7.24. The molecule has 5 heteroatoms. The third kappa shape index (κ3) is 4.26. The van der Waals surface area contributed by atoms with Crippen molar-refractivity contribution in [2.45, 2.75) is 13.0 Å². The Morgan fingerprint density at radius 2 is 1.84 bits per heavy atom. The number of allylic oxidation sites excluding steroid dienone is 1. The molecule has 0 saturated heterocycles. The Balaban J connectivity index is 1.73. The maximum atomic E-state index is 12.1. The summed E-state index contributed by atoms with van der Waals surface area (Å²) in [5.41, 5.74) is 10.3. The number of nitrogens with two attached hydrogens (primary N) is 1. The molecular formula is C26H22N2O3. The molecule has 0 saturated carbocycles. The zero-order chi connectivity index (χ0) is 21.8. The quantitative estimate of drug-likeness (QED) is 0.409. The fourth-order valence-electron chi connectivity index (χ4n) is 3.63. The van der Waals surface area contributed by atoms with E-state index in [1.807, 2.05) is 60.7 Å². The lowest BCUT2D eigenvalue weighted by Crippen LogP contribution is -2.11. The van der Waals surface area contributed by atoms with Crippen LogP contribution < -0.4 is 10.5 Å². The zero-order valence-electron chi connectivity index (χ0n) is 16.9. The van der Waals surface area contributed by atoms with Crippen molar-refractivity contribution in [1.29, 1.82) is 0 Å². The van der Waals surface area contributed by atoms with Crippen LogP contribution in [0.1, 0.15) is 21.5 Å². The van der Waals surface area contributed by atoms with Gasteiger partial charge in [0.1, 0.15) is 12.4 Å². The standard InChI is InChI=1S/C26H22N2O3/c1-2-20(29)15-19-14-18(8-11-24(19)31-16-17-6-4-3-5-7-17)21-9-10-23(26(27)30)25-22(21)12-13-28-25/h2-14,28H,1,15-16H2,(H2,27,30). The predicted octanol–water partition coefficient (Wildman–Crippen LogP) is 4.81. The van der Waals surface area contributed by atoms with Crippen LogP contribution in [-0.4, -0.2) is 16.7 Å². The molecule has 1 heterocycles. The van der Waals surface area contributed by atoms with Crippen LogP contribution in [0.15, 0.2) is 85.6 Å². The topological polar surface area (TPSA) is 85.2 Å². The van der Waals surface area contributed by atoms with E-state index in [4.69, 9.17) is 10.5 Å². The first-order chi connectivity index (χ1) is 15.1. The molecule has 0 unspecified atom stereocenters. The number of amides is 1. The molecule has 0 radical (unpaired) electrons. The molecule has 1 amide bonds. The van der Waals surface area contributed by atoms with Gasteiger partial charge in [-0.25, -0.2) is 0 Å². The summed E-state index contributed by atoms with van der Waals surface area (Å²) in [4.78, 5) is 27.0. The Hall–Kier alpha value is -4.12. The molecule has 0 fully saturated rings. The summed E-state index contributed by atoms with van der Waals surface area (Å²) < 4.78 is 6.03. The number of nitrogens with one attached hydrogen (secondary N) is 1. The summed E-state index contributed by atoms with van der Waals surface area (Å²) in [5, 5.41) is 0.884. The monoisotopic (exact) mass is 410 g/mol. The molecule has 0 atom stereocenters. The van der Waals surface area contributed by atoms with Gasteiger partial charge in [-0.3, -0.25) is 9.59 Å². The molecule has 1 aromatic heterocycles. The number of carbonyl (C=O) groups is 2. The number of carbonyl (C=O) groups excluding carboxylic acids is 2. The van der Waals surface area contributed by atoms with E-state index < -0.39 is 5.91 Å². The van der Waals surface area contributed by atoms with E-state index in [2.05, 4.69) is 11.6 Å². The smallest absolute Gasteiger partial charge is 0.250 e. The van der Waals surface area contributed by atoms with E-state index in [9.17, 15) is 9.59 Å². The van der Waals surface area contributed by atoms with Gasteiger partial charge >= 0.3 is 0 Å². The molecule has 0 bridgehead atoms. The second-order valence-electron chi connectivity index (χ2n) is 7.24. The molecule has 5 nitrogen and oxygen atoms in total. The van der Waals surface area contributed by atoms with Gasteiger partial charge in [-0.15, -0.1) is 0 Å². The Kier molecular flexibility index (Phi) is 5.67. The average Bonchev–Trinajstić information content (AvgIpc) is 3.28. The highest BCUT2D eigenvalue weighted by Gasteiger charge is 2.15. The molecule has 0 aliphatic carbocycles.